The smallest absolute Gasteiger partial charge is 0.275 e. The first-order chi connectivity index (χ1) is 14.4. The molecule has 0 bridgehead atoms. The minimum Gasteiger partial charge on any atom is -0.321 e. The number of benzene rings is 1. The highest BCUT2D eigenvalue weighted by Gasteiger charge is 2.17. The van der Waals surface area contributed by atoms with Crippen molar-refractivity contribution in [2.75, 3.05) is 15.8 Å². The molecular formula is C18H17ClN6O3S2. The van der Waals surface area contributed by atoms with Crippen molar-refractivity contribution in [2.24, 2.45) is 0 Å². The quantitative estimate of drug-likeness (QED) is 0.383. The van der Waals surface area contributed by atoms with Crippen LogP contribution in [0, 0.1) is 0 Å². The lowest BCUT2D eigenvalue weighted by atomic mass is 10.3. The Kier molecular flexibility index (Phi) is 7.19. The Balaban J connectivity index is 1.72. The molecule has 0 atom stereocenters. The van der Waals surface area contributed by atoms with E-state index in [0.717, 1.165) is 12.2 Å². The second-order valence-corrected chi connectivity index (χ2v) is 9.01. The van der Waals surface area contributed by atoms with Gasteiger partial charge in [-0.15, -0.1) is 0 Å². The number of carbonyl (C=O) groups excluding carboxylic acids is 1. The molecule has 0 fully saturated rings. The molecule has 0 saturated heterocycles. The van der Waals surface area contributed by atoms with Crippen LogP contribution in [-0.2, 0) is 10.0 Å². The highest BCUT2D eigenvalue weighted by molar-refractivity contribution is 7.99. The van der Waals surface area contributed by atoms with Crippen LogP contribution in [0.1, 0.15) is 23.8 Å². The van der Waals surface area contributed by atoms with Gasteiger partial charge in [0.25, 0.3) is 15.9 Å². The Bertz CT molecular complexity index is 1130. The van der Waals surface area contributed by atoms with Crippen molar-refractivity contribution in [3.8, 4) is 0 Å². The maximum atomic E-state index is 12.5. The van der Waals surface area contributed by atoms with E-state index in [0.29, 0.717) is 10.8 Å². The van der Waals surface area contributed by atoms with Gasteiger partial charge in [0.1, 0.15) is 0 Å². The van der Waals surface area contributed by atoms with Gasteiger partial charge >= 0.3 is 0 Å². The number of amides is 1. The summed E-state index contributed by atoms with van der Waals surface area (Å²) < 4.78 is 27.1. The molecule has 0 aliphatic carbocycles. The van der Waals surface area contributed by atoms with Crippen LogP contribution < -0.4 is 10.0 Å². The number of hydrogen-bond donors (Lipinski definition) is 2. The summed E-state index contributed by atoms with van der Waals surface area (Å²) in [4.78, 5) is 28.5. The Morgan fingerprint density at radius 3 is 2.50 bits per heavy atom. The van der Waals surface area contributed by atoms with E-state index in [1.807, 2.05) is 6.92 Å². The van der Waals surface area contributed by atoms with E-state index in [1.165, 1.54) is 54.6 Å². The topological polar surface area (TPSA) is 127 Å². The fourth-order valence-corrected chi connectivity index (χ4v) is 4.02. The predicted molar refractivity (Wildman–Crippen MR) is 115 cm³/mol. The molecule has 0 aliphatic heterocycles. The van der Waals surface area contributed by atoms with E-state index in [2.05, 4.69) is 30.0 Å². The zero-order chi connectivity index (χ0) is 21.6. The summed E-state index contributed by atoms with van der Waals surface area (Å²) in [7, 11) is -3.86. The Morgan fingerprint density at radius 2 is 1.83 bits per heavy atom. The second kappa shape index (κ2) is 9.83. The molecule has 12 heteroatoms. The van der Waals surface area contributed by atoms with Gasteiger partial charge in [0.15, 0.2) is 10.9 Å². The van der Waals surface area contributed by atoms with Crippen molar-refractivity contribution < 1.29 is 13.2 Å². The van der Waals surface area contributed by atoms with Crippen LogP contribution >= 0.6 is 23.4 Å². The monoisotopic (exact) mass is 464 g/mol. The van der Waals surface area contributed by atoms with Gasteiger partial charge in [0, 0.05) is 23.8 Å². The lowest BCUT2D eigenvalue weighted by Crippen LogP contribution is -2.16. The van der Waals surface area contributed by atoms with Gasteiger partial charge in [-0.05, 0) is 36.8 Å². The largest absolute Gasteiger partial charge is 0.321 e. The second-order valence-electron chi connectivity index (χ2n) is 5.85. The fourth-order valence-electron chi connectivity index (χ4n) is 2.21. The van der Waals surface area contributed by atoms with Gasteiger partial charge in [-0.25, -0.2) is 33.1 Å². The summed E-state index contributed by atoms with van der Waals surface area (Å²) in [5, 5.41) is 3.23. The van der Waals surface area contributed by atoms with E-state index >= 15 is 0 Å². The molecule has 0 saturated carbocycles. The average molecular weight is 465 g/mol. The maximum Gasteiger partial charge on any atom is 0.275 e. The van der Waals surface area contributed by atoms with Crippen molar-refractivity contribution in [3.63, 3.8) is 0 Å². The third-order valence-corrected chi connectivity index (χ3v) is 6.27. The van der Waals surface area contributed by atoms with Gasteiger partial charge in [-0.1, -0.05) is 30.3 Å². The van der Waals surface area contributed by atoms with E-state index in [-0.39, 0.29) is 21.6 Å². The molecule has 1 amide bonds. The molecule has 2 N–H and O–H groups in total. The van der Waals surface area contributed by atoms with E-state index in [4.69, 9.17) is 11.6 Å². The number of aromatic nitrogens is 4. The summed E-state index contributed by atoms with van der Waals surface area (Å²) in [6, 6.07) is 7.20. The molecule has 156 valence electrons. The summed E-state index contributed by atoms with van der Waals surface area (Å²) in [6.07, 6.45) is 5.18. The third kappa shape index (κ3) is 5.65. The summed E-state index contributed by atoms with van der Waals surface area (Å²) in [6.45, 7) is 2.03. The molecule has 3 rings (SSSR count). The van der Waals surface area contributed by atoms with Crippen molar-refractivity contribution >= 4 is 50.9 Å². The number of sulfonamides is 1. The van der Waals surface area contributed by atoms with Crippen LogP contribution in [0.3, 0.4) is 0 Å². The zero-order valence-corrected chi connectivity index (χ0v) is 18.1. The van der Waals surface area contributed by atoms with E-state index in [1.54, 1.807) is 6.07 Å². The summed E-state index contributed by atoms with van der Waals surface area (Å²) >= 11 is 7.49. The van der Waals surface area contributed by atoms with Crippen LogP contribution in [0.4, 0.5) is 11.6 Å². The van der Waals surface area contributed by atoms with E-state index < -0.39 is 15.9 Å². The van der Waals surface area contributed by atoms with Crippen LogP contribution in [0.25, 0.3) is 0 Å². The molecule has 0 aliphatic rings. The normalized spacial score (nSPS) is 11.1. The Labute approximate surface area is 182 Å². The molecular weight excluding hydrogens is 448 g/mol. The molecule has 2 heterocycles. The maximum absolute atomic E-state index is 12.5. The Hall–Kier alpha value is -2.76. The highest BCUT2D eigenvalue weighted by atomic mass is 35.5. The number of carbonyl (C=O) groups is 1. The number of thioether (sulfide) groups is 1. The van der Waals surface area contributed by atoms with Crippen LogP contribution in [0.2, 0.25) is 5.02 Å². The van der Waals surface area contributed by atoms with Crippen molar-refractivity contribution in [1.29, 1.82) is 0 Å². The van der Waals surface area contributed by atoms with Crippen LogP contribution in [-0.4, -0.2) is 40.0 Å². The first kappa shape index (κ1) is 21.9. The zero-order valence-electron chi connectivity index (χ0n) is 15.7. The first-order valence-corrected chi connectivity index (χ1v) is 11.6. The predicted octanol–water partition coefficient (Wildman–Crippen LogP) is 3.48. The lowest BCUT2D eigenvalue weighted by Gasteiger charge is -2.09. The molecule has 2 aromatic heterocycles. The number of hydrogen-bond acceptors (Lipinski definition) is 8. The molecule has 30 heavy (non-hydrogen) atoms. The van der Waals surface area contributed by atoms with Gasteiger partial charge in [0.2, 0.25) is 5.95 Å². The third-order valence-electron chi connectivity index (χ3n) is 3.59. The van der Waals surface area contributed by atoms with E-state index in [9.17, 15) is 13.2 Å². The van der Waals surface area contributed by atoms with Gasteiger partial charge in [-0.2, -0.15) is 0 Å². The number of nitrogens with zero attached hydrogens (tertiary/aromatic N) is 4. The summed E-state index contributed by atoms with van der Waals surface area (Å²) in [5.41, 5.74) is 0.428. The molecule has 3 aromatic rings. The minimum atomic E-state index is -3.86. The molecule has 0 unspecified atom stereocenters. The lowest BCUT2D eigenvalue weighted by molar-refractivity contribution is 0.102. The number of rotatable bonds is 8. The van der Waals surface area contributed by atoms with Gasteiger partial charge in [0.05, 0.1) is 16.1 Å². The minimum absolute atomic E-state index is 0.00808. The Morgan fingerprint density at radius 1 is 1.13 bits per heavy atom. The molecule has 9 nitrogen and oxygen atoms in total. The van der Waals surface area contributed by atoms with Crippen LogP contribution in [0.15, 0.2) is 59.0 Å². The number of halogens is 1. The van der Waals surface area contributed by atoms with Gasteiger partial charge in [-0.3, -0.25) is 4.79 Å². The van der Waals surface area contributed by atoms with Gasteiger partial charge < -0.3 is 5.32 Å². The van der Waals surface area contributed by atoms with Crippen molar-refractivity contribution in [1.82, 2.24) is 19.9 Å². The number of nitrogens with one attached hydrogen (secondary N) is 2. The summed E-state index contributed by atoms with van der Waals surface area (Å²) in [5.74, 6) is 0.262. The standard InChI is InChI=1S/C18H17ClN6O3S2/c1-2-10-29-18-22-11-14(19)15(24-18)16(26)23-12-4-6-13(7-5-12)30(27,28)25-17-20-8-3-9-21-17/h3-9,11H,2,10H2,1H3,(H,23,26)(H,20,21,25). The number of anilines is 2. The molecule has 0 spiro atoms. The average Bonchev–Trinajstić information content (AvgIpc) is 2.74. The van der Waals surface area contributed by atoms with Crippen LogP contribution in [0.5, 0.6) is 0 Å². The first-order valence-electron chi connectivity index (χ1n) is 8.75. The molecule has 0 radical (unpaired) electrons. The molecule has 1 aromatic carbocycles. The fraction of sp³-hybridized carbons (Fsp3) is 0.167. The highest BCUT2D eigenvalue weighted by Crippen LogP contribution is 2.21. The SMILES string of the molecule is CCCSc1ncc(Cl)c(C(=O)Nc2ccc(S(=O)(=O)Nc3ncccn3)cc2)n1. The van der Waals surface area contributed by atoms with Crippen molar-refractivity contribution in [2.45, 2.75) is 23.4 Å². The van der Waals surface area contributed by atoms with Crippen molar-refractivity contribution in [3.05, 3.63) is 59.6 Å².